The zero-order valence-corrected chi connectivity index (χ0v) is 15.3. The van der Waals surface area contributed by atoms with E-state index in [2.05, 4.69) is 26.1 Å². The SMILES string of the molecule is Cc1ccc(OC(=O)CCNC(=O)c2ccc(C(C)(C)C)cc2)cc1. The second-order valence-electron chi connectivity index (χ2n) is 7.12. The molecule has 2 aromatic rings. The van der Waals surface area contributed by atoms with Gasteiger partial charge in [-0.3, -0.25) is 9.59 Å². The molecule has 2 rings (SSSR count). The Morgan fingerprint density at radius 2 is 1.56 bits per heavy atom. The van der Waals surface area contributed by atoms with Crippen LogP contribution in [0.1, 0.15) is 48.7 Å². The molecule has 25 heavy (non-hydrogen) atoms. The first-order valence-electron chi connectivity index (χ1n) is 8.42. The third kappa shape index (κ3) is 5.75. The average molecular weight is 339 g/mol. The second-order valence-corrected chi connectivity index (χ2v) is 7.12. The lowest BCUT2D eigenvalue weighted by Gasteiger charge is -2.19. The van der Waals surface area contributed by atoms with Crippen molar-refractivity contribution in [2.24, 2.45) is 0 Å². The van der Waals surface area contributed by atoms with Gasteiger partial charge >= 0.3 is 5.97 Å². The van der Waals surface area contributed by atoms with Gasteiger partial charge in [-0.05, 0) is 42.2 Å². The van der Waals surface area contributed by atoms with E-state index in [9.17, 15) is 9.59 Å². The summed E-state index contributed by atoms with van der Waals surface area (Å²) in [6.45, 7) is 8.59. The zero-order chi connectivity index (χ0) is 18.4. The molecule has 0 saturated carbocycles. The number of ether oxygens (including phenoxy) is 1. The molecule has 0 heterocycles. The molecular weight excluding hydrogens is 314 g/mol. The second kappa shape index (κ2) is 7.97. The molecule has 4 heteroatoms. The van der Waals surface area contributed by atoms with Crippen LogP contribution in [-0.2, 0) is 10.2 Å². The third-order valence-corrected chi connectivity index (χ3v) is 3.88. The van der Waals surface area contributed by atoms with Gasteiger partial charge in [0.1, 0.15) is 5.75 Å². The maximum atomic E-state index is 12.1. The highest BCUT2D eigenvalue weighted by Crippen LogP contribution is 2.22. The highest BCUT2D eigenvalue weighted by atomic mass is 16.5. The van der Waals surface area contributed by atoms with Gasteiger partial charge in [0.25, 0.3) is 5.91 Å². The van der Waals surface area contributed by atoms with Crippen molar-refractivity contribution in [2.45, 2.75) is 39.5 Å². The largest absolute Gasteiger partial charge is 0.426 e. The zero-order valence-electron chi connectivity index (χ0n) is 15.3. The van der Waals surface area contributed by atoms with E-state index >= 15 is 0 Å². The number of hydrogen-bond acceptors (Lipinski definition) is 3. The standard InChI is InChI=1S/C21H25NO3/c1-15-5-11-18(12-6-15)25-19(23)13-14-22-20(24)16-7-9-17(10-8-16)21(2,3)4/h5-12H,13-14H2,1-4H3,(H,22,24). The molecule has 4 nitrogen and oxygen atoms in total. The molecular formula is C21H25NO3. The summed E-state index contributed by atoms with van der Waals surface area (Å²) in [6, 6.07) is 14.8. The van der Waals surface area contributed by atoms with Crippen molar-refractivity contribution in [3.8, 4) is 5.75 Å². The van der Waals surface area contributed by atoms with Crippen LogP contribution in [-0.4, -0.2) is 18.4 Å². The molecule has 1 N–H and O–H groups in total. The first kappa shape index (κ1) is 18.7. The number of amides is 1. The van der Waals surface area contributed by atoms with Gasteiger partial charge in [0.15, 0.2) is 0 Å². The molecule has 0 aliphatic carbocycles. The molecule has 0 saturated heterocycles. The van der Waals surface area contributed by atoms with E-state index in [1.807, 2.05) is 31.2 Å². The number of nitrogens with one attached hydrogen (secondary N) is 1. The Kier molecular flexibility index (Phi) is 5.97. The predicted molar refractivity (Wildman–Crippen MR) is 98.9 cm³/mol. The van der Waals surface area contributed by atoms with Crippen molar-refractivity contribution in [2.75, 3.05) is 6.54 Å². The maximum Gasteiger partial charge on any atom is 0.312 e. The molecule has 2 aromatic carbocycles. The highest BCUT2D eigenvalue weighted by Gasteiger charge is 2.14. The van der Waals surface area contributed by atoms with Crippen LogP contribution in [0.15, 0.2) is 48.5 Å². The average Bonchev–Trinajstić information content (AvgIpc) is 2.56. The minimum atomic E-state index is -0.368. The molecule has 1 amide bonds. The van der Waals surface area contributed by atoms with Gasteiger partial charge in [0.05, 0.1) is 6.42 Å². The lowest BCUT2D eigenvalue weighted by molar-refractivity contribution is -0.134. The van der Waals surface area contributed by atoms with Crippen molar-refractivity contribution in [1.82, 2.24) is 5.32 Å². The molecule has 0 aromatic heterocycles. The molecule has 0 spiro atoms. The van der Waals surface area contributed by atoms with Crippen molar-refractivity contribution in [3.05, 3.63) is 65.2 Å². The summed E-state index contributed by atoms with van der Waals surface area (Å²) in [5.41, 5.74) is 2.91. The van der Waals surface area contributed by atoms with Gasteiger partial charge < -0.3 is 10.1 Å². The van der Waals surface area contributed by atoms with Gasteiger partial charge in [-0.1, -0.05) is 50.6 Å². The number of aryl methyl sites for hydroxylation is 1. The summed E-state index contributed by atoms with van der Waals surface area (Å²) >= 11 is 0. The van der Waals surface area contributed by atoms with Gasteiger partial charge in [-0.2, -0.15) is 0 Å². The van der Waals surface area contributed by atoms with Gasteiger partial charge in [-0.25, -0.2) is 0 Å². The van der Waals surface area contributed by atoms with E-state index in [4.69, 9.17) is 4.74 Å². The van der Waals surface area contributed by atoms with E-state index in [-0.39, 0.29) is 30.3 Å². The lowest BCUT2D eigenvalue weighted by atomic mass is 9.87. The van der Waals surface area contributed by atoms with Crippen molar-refractivity contribution in [3.63, 3.8) is 0 Å². The van der Waals surface area contributed by atoms with Gasteiger partial charge in [-0.15, -0.1) is 0 Å². The summed E-state index contributed by atoms with van der Waals surface area (Å²) in [4.78, 5) is 23.9. The molecule has 0 aliphatic heterocycles. The van der Waals surface area contributed by atoms with Crippen molar-refractivity contribution >= 4 is 11.9 Å². The van der Waals surface area contributed by atoms with Crippen LogP contribution in [0.3, 0.4) is 0 Å². The first-order valence-corrected chi connectivity index (χ1v) is 8.42. The van der Waals surface area contributed by atoms with Crippen molar-refractivity contribution in [1.29, 1.82) is 0 Å². The van der Waals surface area contributed by atoms with Crippen LogP contribution in [0.25, 0.3) is 0 Å². The monoisotopic (exact) mass is 339 g/mol. The topological polar surface area (TPSA) is 55.4 Å². The summed E-state index contributed by atoms with van der Waals surface area (Å²) in [5.74, 6) is -0.0458. The van der Waals surface area contributed by atoms with Crippen LogP contribution in [0, 0.1) is 6.92 Å². The van der Waals surface area contributed by atoms with Crippen LogP contribution in [0.4, 0.5) is 0 Å². The summed E-state index contributed by atoms with van der Waals surface area (Å²) < 4.78 is 5.22. The third-order valence-electron chi connectivity index (χ3n) is 3.88. The fourth-order valence-electron chi connectivity index (χ4n) is 2.29. The van der Waals surface area contributed by atoms with Crippen LogP contribution in [0.5, 0.6) is 5.75 Å². The minimum Gasteiger partial charge on any atom is -0.426 e. The van der Waals surface area contributed by atoms with E-state index in [0.717, 1.165) is 5.56 Å². The highest BCUT2D eigenvalue weighted by molar-refractivity contribution is 5.94. The van der Waals surface area contributed by atoms with E-state index in [1.54, 1.807) is 24.3 Å². The molecule has 0 fully saturated rings. The number of carbonyl (C=O) groups is 2. The number of hydrogen-bond donors (Lipinski definition) is 1. The predicted octanol–water partition coefficient (Wildman–Crippen LogP) is 4.02. The lowest BCUT2D eigenvalue weighted by Crippen LogP contribution is -2.27. The van der Waals surface area contributed by atoms with E-state index in [0.29, 0.717) is 11.3 Å². The summed E-state index contributed by atoms with van der Waals surface area (Å²) in [5, 5.41) is 2.74. The number of esters is 1. The number of rotatable bonds is 5. The Morgan fingerprint density at radius 3 is 2.12 bits per heavy atom. The smallest absolute Gasteiger partial charge is 0.312 e. The van der Waals surface area contributed by atoms with Crippen LogP contribution >= 0.6 is 0 Å². The van der Waals surface area contributed by atoms with Crippen LogP contribution < -0.4 is 10.1 Å². The molecule has 0 atom stereocenters. The number of benzene rings is 2. The fraction of sp³-hybridized carbons (Fsp3) is 0.333. The molecule has 0 radical (unpaired) electrons. The Balaban J connectivity index is 1.79. The molecule has 0 unspecified atom stereocenters. The van der Waals surface area contributed by atoms with Crippen molar-refractivity contribution < 1.29 is 14.3 Å². The fourth-order valence-corrected chi connectivity index (χ4v) is 2.29. The number of carbonyl (C=O) groups excluding carboxylic acids is 2. The first-order chi connectivity index (χ1) is 11.8. The Bertz CT molecular complexity index is 725. The Hall–Kier alpha value is -2.62. The maximum absolute atomic E-state index is 12.1. The van der Waals surface area contributed by atoms with Gasteiger partial charge in [0, 0.05) is 12.1 Å². The summed E-state index contributed by atoms with van der Waals surface area (Å²) in [7, 11) is 0. The normalized spacial score (nSPS) is 11.0. The Labute approximate surface area is 149 Å². The molecule has 0 bridgehead atoms. The summed E-state index contributed by atoms with van der Waals surface area (Å²) in [6.07, 6.45) is 0.125. The molecule has 132 valence electrons. The quantitative estimate of drug-likeness (QED) is 0.661. The van der Waals surface area contributed by atoms with Crippen LogP contribution in [0.2, 0.25) is 0 Å². The minimum absolute atomic E-state index is 0.0503. The molecule has 0 aliphatic rings. The van der Waals surface area contributed by atoms with Gasteiger partial charge in [0.2, 0.25) is 0 Å². The Morgan fingerprint density at radius 1 is 0.960 bits per heavy atom. The van der Waals surface area contributed by atoms with E-state index in [1.165, 1.54) is 5.56 Å². The van der Waals surface area contributed by atoms with E-state index < -0.39 is 0 Å².